The van der Waals surface area contributed by atoms with Crippen molar-refractivity contribution in [2.75, 3.05) is 6.54 Å². The number of rotatable bonds is 6. The maximum atomic E-state index is 12.3. The molecule has 2 heterocycles. The molecular weight excluding hydrogens is 330 g/mol. The first kappa shape index (κ1) is 18.4. The monoisotopic (exact) mass is 355 g/mol. The highest BCUT2D eigenvalue weighted by Crippen LogP contribution is 2.18. The molecule has 0 aliphatic carbocycles. The predicted octanol–water partition coefficient (Wildman–Crippen LogP) is 1.67. The minimum Gasteiger partial charge on any atom is -0.475 e. The van der Waals surface area contributed by atoms with Gasteiger partial charge in [0.1, 0.15) is 0 Å². The van der Waals surface area contributed by atoms with Crippen molar-refractivity contribution in [1.82, 2.24) is 15.6 Å². The third-order valence-corrected chi connectivity index (χ3v) is 4.40. The fourth-order valence-electron chi connectivity index (χ4n) is 3.05. The molecule has 1 aliphatic rings. The molecule has 2 unspecified atom stereocenters. The van der Waals surface area contributed by atoms with Crippen LogP contribution >= 0.6 is 0 Å². The summed E-state index contributed by atoms with van der Waals surface area (Å²) in [6, 6.07) is 11.4. The van der Waals surface area contributed by atoms with E-state index in [2.05, 4.69) is 27.8 Å². The van der Waals surface area contributed by atoms with Gasteiger partial charge in [0.05, 0.1) is 12.2 Å². The first-order valence-corrected chi connectivity index (χ1v) is 8.92. The molecule has 0 bridgehead atoms. The number of aromatic nitrogens is 1. The SMILES string of the molecule is CC(C)Oc1cc(C(=O)NCC(O)C2Cc3ccccc3CN2)ccn1. The van der Waals surface area contributed by atoms with E-state index in [9.17, 15) is 9.90 Å². The lowest BCUT2D eigenvalue weighted by Crippen LogP contribution is -2.49. The first-order valence-electron chi connectivity index (χ1n) is 8.92. The van der Waals surface area contributed by atoms with Gasteiger partial charge in [-0.25, -0.2) is 4.98 Å². The summed E-state index contributed by atoms with van der Waals surface area (Å²) in [4.78, 5) is 16.4. The number of carbonyl (C=O) groups is 1. The maximum absolute atomic E-state index is 12.3. The minimum atomic E-state index is -0.666. The molecule has 0 saturated heterocycles. The van der Waals surface area contributed by atoms with Crippen LogP contribution in [-0.2, 0) is 13.0 Å². The van der Waals surface area contributed by atoms with Crippen molar-refractivity contribution in [3.8, 4) is 5.88 Å². The van der Waals surface area contributed by atoms with Crippen molar-refractivity contribution in [2.24, 2.45) is 0 Å². The van der Waals surface area contributed by atoms with E-state index in [0.29, 0.717) is 11.4 Å². The Morgan fingerprint density at radius 2 is 2.12 bits per heavy atom. The Balaban J connectivity index is 1.55. The van der Waals surface area contributed by atoms with Gasteiger partial charge in [-0.2, -0.15) is 0 Å². The molecular formula is C20H25N3O3. The summed E-state index contributed by atoms with van der Waals surface area (Å²) in [5.41, 5.74) is 2.96. The van der Waals surface area contributed by atoms with Gasteiger partial charge in [-0.15, -0.1) is 0 Å². The van der Waals surface area contributed by atoms with E-state index in [4.69, 9.17) is 4.74 Å². The number of benzene rings is 1. The van der Waals surface area contributed by atoms with Gasteiger partial charge in [-0.1, -0.05) is 24.3 Å². The molecule has 6 heteroatoms. The van der Waals surface area contributed by atoms with E-state index in [0.717, 1.165) is 13.0 Å². The van der Waals surface area contributed by atoms with E-state index >= 15 is 0 Å². The molecule has 0 spiro atoms. The average molecular weight is 355 g/mol. The van der Waals surface area contributed by atoms with Crippen LogP contribution in [0.25, 0.3) is 0 Å². The minimum absolute atomic E-state index is 0.0112. The molecule has 26 heavy (non-hydrogen) atoms. The maximum Gasteiger partial charge on any atom is 0.251 e. The highest BCUT2D eigenvalue weighted by atomic mass is 16.5. The molecule has 0 radical (unpaired) electrons. The number of carbonyl (C=O) groups excluding carboxylic acids is 1. The zero-order valence-corrected chi connectivity index (χ0v) is 15.1. The number of hydrogen-bond acceptors (Lipinski definition) is 5. The smallest absolute Gasteiger partial charge is 0.251 e. The zero-order chi connectivity index (χ0) is 18.5. The van der Waals surface area contributed by atoms with Crippen LogP contribution < -0.4 is 15.4 Å². The Bertz CT molecular complexity index is 763. The van der Waals surface area contributed by atoms with Crippen LogP contribution in [0.4, 0.5) is 0 Å². The lowest BCUT2D eigenvalue weighted by molar-refractivity contribution is 0.0869. The second-order valence-corrected chi connectivity index (χ2v) is 6.79. The number of fused-ring (bicyclic) bond motifs is 1. The van der Waals surface area contributed by atoms with E-state index in [-0.39, 0.29) is 24.6 Å². The molecule has 1 amide bonds. The van der Waals surface area contributed by atoms with Gasteiger partial charge in [0.15, 0.2) is 0 Å². The summed E-state index contributed by atoms with van der Waals surface area (Å²) in [7, 11) is 0. The fourth-order valence-corrected chi connectivity index (χ4v) is 3.05. The van der Waals surface area contributed by atoms with E-state index in [1.807, 2.05) is 26.0 Å². The lowest BCUT2D eigenvalue weighted by atomic mass is 9.93. The Morgan fingerprint density at radius 1 is 1.35 bits per heavy atom. The van der Waals surface area contributed by atoms with E-state index < -0.39 is 6.10 Å². The van der Waals surface area contributed by atoms with Crippen LogP contribution in [0.5, 0.6) is 5.88 Å². The number of amides is 1. The van der Waals surface area contributed by atoms with Crippen molar-refractivity contribution >= 4 is 5.91 Å². The van der Waals surface area contributed by atoms with E-state index in [1.165, 1.54) is 11.1 Å². The van der Waals surface area contributed by atoms with Gasteiger partial charge >= 0.3 is 0 Å². The van der Waals surface area contributed by atoms with Crippen LogP contribution in [0.15, 0.2) is 42.6 Å². The summed E-state index contributed by atoms with van der Waals surface area (Å²) in [6.45, 7) is 4.72. The number of nitrogens with one attached hydrogen (secondary N) is 2. The second kappa shape index (κ2) is 8.29. The zero-order valence-electron chi connectivity index (χ0n) is 15.1. The Labute approximate surface area is 153 Å². The summed E-state index contributed by atoms with van der Waals surface area (Å²) in [5, 5.41) is 16.6. The van der Waals surface area contributed by atoms with Crippen LogP contribution in [0.3, 0.4) is 0 Å². The average Bonchev–Trinajstić information content (AvgIpc) is 2.65. The number of aliphatic hydroxyl groups excluding tert-OH is 1. The number of nitrogens with zero attached hydrogens (tertiary/aromatic N) is 1. The number of hydrogen-bond donors (Lipinski definition) is 3. The Kier molecular flexibility index (Phi) is 5.85. The van der Waals surface area contributed by atoms with Crippen molar-refractivity contribution in [1.29, 1.82) is 0 Å². The van der Waals surface area contributed by atoms with Gasteiger partial charge in [0.2, 0.25) is 5.88 Å². The second-order valence-electron chi connectivity index (χ2n) is 6.79. The standard InChI is InChI=1S/C20H25N3O3/c1-13(2)26-19-10-15(7-8-21-19)20(25)23-12-18(24)17-9-14-5-3-4-6-16(14)11-22-17/h3-8,10,13,17-18,22,24H,9,11-12H2,1-2H3,(H,23,25). The number of pyridine rings is 1. The third kappa shape index (κ3) is 4.59. The van der Waals surface area contributed by atoms with Crippen molar-refractivity contribution in [3.05, 3.63) is 59.3 Å². The van der Waals surface area contributed by atoms with Crippen LogP contribution in [0, 0.1) is 0 Å². The quantitative estimate of drug-likeness (QED) is 0.734. The summed E-state index contributed by atoms with van der Waals surface area (Å²) >= 11 is 0. The van der Waals surface area contributed by atoms with Crippen LogP contribution in [-0.4, -0.2) is 40.8 Å². The van der Waals surface area contributed by atoms with E-state index in [1.54, 1.807) is 18.3 Å². The molecule has 2 aromatic rings. The summed E-state index contributed by atoms with van der Waals surface area (Å²) in [5.74, 6) is 0.162. The fraction of sp³-hybridized carbons (Fsp3) is 0.400. The topological polar surface area (TPSA) is 83.5 Å². The largest absolute Gasteiger partial charge is 0.475 e. The Morgan fingerprint density at radius 3 is 2.88 bits per heavy atom. The van der Waals surface area contributed by atoms with Gasteiger partial charge in [-0.3, -0.25) is 4.79 Å². The van der Waals surface area contributed by atoms with Crippen molar-refractivity contribution in [3.63, 3.8) is 0 Å². The van der Waals surface area contributed by atoms with Gasteiger partial charge in [0.25, 0.3) is 5.91 Å². The molecule has 138 valence electrons. The molecule has 1 aliphatic heterocycles. The molecule has 0 fully saturated rings. The number of ether oxygens (including phenoxy) is 1. The Hall–Kier alpha value is -2.44. The third-order valence-electron chi connectivity index (χ3n) is 4.40. The normalized spacial score (nSPS) is 17.5. The molecule has 3 rings (SSSR count). The first-order chi connectivity index (χ1) is 12.5. The highest BCUT2D eigenvalue weighted by Gasteiger charge is 2.24. The van der Waals surface area contributed by atoms with Crippen molar-refractivity contribution < 1.29 is 14.6 Å². The molecule has 0 saturated carbocycles. The molecule has 3 N–H and O–H groups in total. The van der Waals surface area contributed by atoms with Crippen LogP contribution in [0.1, 0.15) is 35.3 Å². The van der Waals surface area contributed by atoms with Gasteiger partial charge in [-0.05, 0) is 37.5 Å². The molecule has 6 nitrogen and oxygen atoms in total. The lowest BCUT2D eigenvalue weighted by Gasteiger charge is -2.30. The van der Waals surface area contributed by atoms with Crippen LogP contribution in [0.2, 0.25) is 0 Å². The summed E-state index contributed by atoms with van der Waals surface area (Å²) in [6.07, 6.45) is 1.61. The molecule has 2 atom stereocenters. The molecule has 1 aromatic heterocycles. The van der Waals surface area contributed by atoms with Crippen molar-refractivity contribution in [2.45, 2.75) is 45.1 Å². The highest BCUT2D eigenvalue weighted by molar-refractivity contribution is 5.94. The van der Waals surface area contributed by atoms with Gasteiger partial charge < -0.3 is 20.5 Å². The summed E-state index contributed by atoms with van der Waals surface area (Å²) < 4.78 is 5.51. The van der Waals surface area contributed by atoms with Gasteiger partial charge in [0, 0.05) is 37.0 Å². The molecule has 1 aromatic carbocycles. The number of aliphatic hydroxyl groups is 1. The predicted molar refractivity (Wildman–Crippen MR) is 99.1 cm³/mol.